The first-order valence-electron chi connectivity index (χ1n) is 4.80. The molecule has 1 aliphatic rings. The molecular weight excluding hydrogens is 160 g/mol. The highest BCUT2D eigenvalue weighted by Gasteiger charge is 2.26. The van der Waals surface area contributed by atoms with Crippen molar-refractivity contribution in [2.24, 2.45) is 0 Å². The molecule has 0 saturated heterocycles. The summed E-state index contributed by atoms with van der Waals surface area (Å²) in [4.78, 5) is 11.3. The molecule has 0 spiro atoms. The van der Waals surface area contributed by atoms with Gasteiger partial charge in [-0.3, -0.25) is 4.79 Å². The van der Waals surface area contributed by atoms with E-state index in [0.717, 1.165) is 5.56 Å². The average molecular weight is 174 g/mol. The Hall–Kier alpha value is -1.11. The molecule has 1 heteroatoms. The van der Waals surface area contributed by atoms with Crippen LogP contribution in [0.1, 0.15) is 47.2 Å². The van der Waals surface area contributed by atoms with Gasteiger partial charge in [-0.1, -0.05) is 23.8 Å². The van der Waals surface area contributed by atoms with Gasteiger partial charge in [0.05, 0.1) is 0 Å². The van der Waals surface area contributed by atoms with Crippen molar-refractivity contribution in [3.8, 4) is 0 Å². The molecule has 0 unspecified atom stereocenters. The predicted octanol–water partition coefficient (Wildman–Crippen LogP) is 3.08. The van der Waals surface area contributed by atoms with Crippen LogP contribution >= 0.6 is 0 Å². The van der Waals surface area contributed by atoms with Gasteiger partial charge in [-0.05, 0) is 38.2 Å². The van der Waals surface area contributed by atoms with Crippen LogP contribution in [0.15, 0.2) is 18.2 Å². The van der Waals surface area contributed by atoms with E-state index in [-0.39, 0.29) is 5.78 Å². The van der Waals surface area contributed by atoms with Crippen molar-refractivity contribution >= 4 is 5.78 Å². The highest BCUT2D eigenvalue weighted by molar-refractivity contribution is 5.95. The fourth-order valence-electron chi connectivity index (χ4n) is 1.73. The third-order valence-corrected chi connectivity index (χ3v) is 2.60. The number of hydrogen-bond acceptors (Lipinski definition) is 1. The van der Waals surface area contributed by atoms with E-state index >= 15 is 0 Å². The summed E-state index contributed by atoms with van der Waals surface area (Å²) in [5, 5.41) is 0. The van der Waals surface area contributed by atoms with Gasteiger partial charge in [0, 0.05) is 5.56 Å². The SMILES string of the molecule is CC(=O)c1ccc(C)cc1C1CC1. The van der Waals surface area contributed by atoms with Crippen molar-refractivity contribution < 1.29 is 4.79 Å². The molecule has 1 aromatic carbocycles. The maximum Gasteiger partial charge on any atom is 0.160 e. The van der Waals surface area contributed by atoms with Crippen LogP contribution in [-0.4, -0.2) is 5.78 Å². The summed E-state index contributed by atoms with van der Waals surface area (Å²) < 4.78 is 0. The van der Waals surface area contributed by atoms with E-state index in [1.54, 1.807) is 6.92 Å². The Bertz CT molecular complexity index is 348. The van der Waals surface area contributed by atoms with E-state index in [1.807, 2.05) is 12.1 Å². The molecule has 0 amide bonds. The average Bonchev–Trinajstić information content (AvgIpc) is 2.85. The van der Waals surface area contributed by atoms with E-state index in [0.29, 0.717) is 5.92 Å². The molecule has 68 valence electrons. The van der Waals surface area contributed by atoms with E-state index in [4.69, 9.17) is 0 Å². The van der Waals surface area contributed by atoms with Crippen molar-refractivity contribution in [2.45, 2.75) is 32.6 Å². The molecule has 0 aromatic heterocycles. The number of hydrogen-bond donors (Lipinski definition) is 0. The standard InChI is InChI=1S/C12H14O/c1-8-3-6-11(9(2)13)12(7-8)10-4-5-10/h3,6-7,10H,4-5H2,1-2H3. The van der Waals surface area contributed by atoms with E-state index in [9.17, 15) is 4.79 Å². The monoisotopic (exact) mass is 174 g/mol. The third-order valence-electron chi connectivity index (χ3n) is 2.60. The Labute approximate surface area is 78.8 Å². The predicted molar refractivity (Wildman–Crippen MR) is 53.2 cm³/mol. The zero-order valence-electron chi connectivity index (χ0n) is 8.13. The van der Waals surface area contributed by atoms with Gasteiger partial charge in [0.1, 0.15) is 0 Å². The lowest BCUT2D eigenvalue weighted by molar-refractivity contribution is 0.101. The molecule has 1 nitrogen and oxygen atoms in total. The smallest absolute Gasteiger partial charge is 0.160 e. The normalized spacial score (nSPS) is 15.8. The second-order valence-electron chi connectivity index (χ2n) is 3.92. The Balaban J connectivity index is 2.47. The van der Waals surface area contributed by atoms with Crippen molar-refractivity contribution in [2.75, 3.05) is 0 Å². The first kappa shape index (κ1) is 8.49. The molecular formula is C12H14O. The molecule has 0 atom stereocenters. The summed E-state index contributed by atoms with van der Waals surface area (Å²) in [5.41, 5.74) is 3.45. The van der Waals surface area contributed by atoms with Crippen molar-refractivity contribution in [1.82, 2.24) is 0 Å². The number of benzene rings is 1. The fourth-order valence-corrected chi connectivity index (χ4v) is 1.73. The number of ketones is 1. The van der Waals surface area contributed by atoms with Crippen LogP contribution in [0.4, 0.5) is 0 Å². The number of Topliss-reactive ketones (excluding diaryl/α,β-unsaturated/α-hetero) is 1. The van der Waals surface area contributed by atoms with Gasteiger partial charge in [0.2, 0.25) is 0 Å². The van der Waals surface area contributed by atoms with Crippen LogP contribution in [0.3, 0.4) is 0 Å². The summed E-state index contributed by atoms with van der Waals surface area (Å²) in [5.74, 6) is 0.862. The number of carbonyl (C=O) groups excluding carboxylic acids is 1. The largest absolute Gasteiger partial charge is 0.295 e. The minimum atomic E-state index is 0.196. The minimum absolute atomic E-state index is 0.196. The first-order chi connectivity index (χ1) is 6.18. The first-order valence-corrected chi connectivity index (χ1v) is 4.80. The van der Waals surface area contributed by atoms with Crippen molar-refractivity contribution in [3.05, 3.63) is 34.9 Å². The molecule has 0 radical (unpaired) electrons. The second kappa shape index (κ2) is 2.99. The molecule has 0 bridgehead atoms. The van der Waals surface area contributed by atoms with Crippen molar-refractivity contribution in [1.29, 1.82) is 0 Å². The molecule has 1 aromatic rings. The lowest BCUT2D eigenvalue weighted by Gasteiger charge is -2.06. The van der Waals surface area contributed by atoms with Crippen LogP contribution in [-0.2, 0) is 0 Å². The van der Waals surface area contributed by atoms with Crippen LogP contribution < -0.4 is 0 Å². The maximum atomic E-state index is 11.3. The van der Waals surface area contributed by atoms with Gasteiger partial charge >= 0.3 is 0 Å². The molecule has 0 aliphatic heterocycles. The summed E-state index contributed by atoms with van der Waals surface area (Å²) in [6, 6.07) is 6.14. The molecule has 2 rings (SSSR count). The molecule has 1 saturated carbocycles. The van der Waals surface area contributed by atoms with Gasteiger partial charge < -0.3 is 0 Å². The fraction of sp³-hybridized carbons (Fsp3) is 0.417. The van der Waals surface area contributed by atoms with Crippen LogP contribution in [0.25, 0.3) is 0 Å². The Morgan fingerprint density at radius 3 is 2.62 bits per heavy atom. The number of rotatable bonds is 2. The van der Waals surface area contributed by atoms with E-state index < -0.39 is 0 Å². The van der Waals surface area contributed by atoms with Crippen LogP contribution in [0.5, 0.6) is 0 Å². The molecule has 1 fully saturated rings. The summed E-state index contributed by atoms with van der Waals surface area (Å²) in [6.45, 7) is 3.73. The maximum absolute atomic E-state index is 11.3. The van der Waals surface area contributed by atoms with Crippen LogP contribution in [0, 0.1) is 6.92 Å². The second-order valence-corrected chi connectivity index (χ2v) is 3.92. The van der Waals surface area contributed by atoms with Crippen LogP contribution in [0.2, 0.25) is 0 Å². The van der Waals surface area contributed by atoms with Gasteiger partial charge in [0.15, 0.2) is 5.78 Å². The molecule has 0 N–H and O–H groups in total. The van der Waals surface area contributed by atoms with E-state index in [1.165, 1.54) is 24.0 Å². The van der Waals surface area contributed by atoms with Crippen molar-refractivity contribution in [3.63, 3.8) is 0 Å². The Morgan fingerprint density at radius 1 is 1.38 bits per heavy atom. The molecule has 0 heterocycles. The number of aryl methyl sites for hydroxylation is 1. The highest BCUT2D eigenvalue weighted by Crippen LogP contribution is 2.42. The summed E-state index contributed by atoms with van der Waals surface area (Å²) in [6.07, 6.45) is 2.51. The number of carbonyl (C=O) groups is 1. The summed E-state index contributed by atoms with van der Waals surface area (Å²) >= 11 is 0. The van der Waals surface area contributed by atoms with Gasteiger partial charge in [-0.2, -0.15) is 0 Å². The van der Waals surface area contributed by atoms with Gasteiger partial charge in [-0.15, -0.1) is 0 Å². The Morgan fingerprint density at radius 2 is 2.08 bits per heavy atom. The quantitative estimate of drug-likeness (QED) is 0.630. The lowest BCUT2D eigenvalue weighted by atomic mass is 9.98. The topological polar surface area (TPSA) is 17.1 Å². The van der Waals surface area contributed by atoms with Gasteiger partial charge in [0.25, 0.3) is 0 Å². The molecule has 1 aliphatic carbocycles. The lowest BCUT2D eigenvalue weighted by Crippen LogP contribution is -1.98. The zero-order chi connectivity index (χ0) is 9.42. The highest BCUT2D eigenvalue weighted by atomic mass is 16.1. The summed E-state index contributed by atoms with van der Waals surface area (Å²) in [7, 11) is 0. The molecule has 13 heavy (non-hydrogen) atoms. The zero-order valence-corrected chi connectivity index (χ0v) is 8.13. The van der Waals surface area contributed by atoms with E-state index in [2.05, 4.69) is 13.0 Å². The Kier molecular flexibility index (Phi) is 1.95. The minimum Gasteiger partial charge on any atom is -0.295 e. The third kappa shape index (κ3) is 1.64. The van der Waals surface area contributed by atoms with Gasteiger partial charge in [-0.25, -0.2) is 0 Å².